The average molecular weight is 312 g/mol. The number of nitrogens with one attached hydrogen (secondary N) is 2. The summed E-state index contributed by atoms with van der Waals surface area (Å²) in [4.78, 5) is 19.4. The normalized spacial score (nSPS) is 29.3. The van der Waals surface area contributed by atoms with Crippen molar-refractivity contribution in [1.82, 2.24) is 15.5 Å². The van der Waals surface area contributed by atoms with Crippen LogP contribution in [0.5, 0.6) is 0 Å². The molecule has 2 atom stereocenters. The lowest BCUT2D eigenvalue weighted by atomic mass is 9.80. The average Bonchev–Trinajstić information content (AvgIpc) is 3.30. The first-order valence-corrected chi connectivity index (χ1v) is 8.65. The summed E-state index contributed by atoms with van der Waals surface area (Å²) in [6, 6.07) is 8.13. The molecule has 2 N–H and O–H groups in total. The van der Waals surface area contributed by atoms with E-state index in [0.29, 0.717) is 0 Å². The van der Waals surface area contributed by atoms with E-state index in [1.54, 1.807) is 0 Å². The maximum Gasteiger partial charge on any atom is 0.237 e. The van der Waals surface area contributed by atoms with Crippen molar-refractivity contribution in [3.8, 4) is 0 Å². The van der Waals surface area contributed by atoms with Gasteiger partial charge in [-0.2, -0.15) is 0 Å². The Labute approximate surface area is 137 Å². The van der Waals surface area contributed by atoms with Crippen LogP contribution < -0.4 is 10.6 Å². The van der Waals surface area contributed by atoms with Gasteiger partial charge in [-0.25, -0.2) is 0 Å². The van der Waals surface area contributed by atoms with Gasteiger partial charge in [0.25, 0.3) is 0 Å². The highest BCUT2D eigenvalue weighted by atomic mass is 16.2. The van der Waals surface area contributed by atoms with E-state index in [2.05, 4.69) is 32.7 Å². The molecule has 1 spiro atoms. The zero-order chi connectivity index (χ0) is 15.7. The van der Waals surface area contributed by atoms with Crippen molar-refractivity contribution in [2.75, 3.05) is 32.7 Å². The molecule has 0 aromatic heterocycles. The smallest absolute Gasteiger partial charge is 0.237 e. The molecule has 4 rings (SSSR count). The third-order valence-electron chi connectivity index (χ3n) is 5.37. The van der Waals surface area contributed by atoms with Gasteiger partial charge in [0.05, 0.1) is 11.7 Å². The van der Waals surface area contributed by atoms with Gasteiger partial charge < -0.3 is 15.5 Å². The molecule has 0 aliphatic carbocycles. The van der Waals surface area contributed by atoms with E-state index < -0.39 is 0 Å². The highest BCUT2D eigenvalue weighted by Crippen LogP contribution is 2.41. The molecule has 1 aromatic rings. The van der Waals surface area contributed by atoms with E-state index in [1.807, 2.05) is 18.3 Å². The topological polar surface area (TPSA) is 56.7 Å². The Morgan fingerprint density at radius 3 is 3.04 bits per heavy atom. The van der Waals surface area contributed by atoms with Crippen molar-refractivity contribution >= 4 is 17.8 Å². The number of fused-ring (bicyclic) bond motifs is 2. The van der Waals surface area contributed by atoms with Crippen molar-refractivity contribution in [1.29, 1.82) is 0 Å². The van der Waals surface area contributed by atoms with Crippen molar-refractivity contribution in [2.24, 2.45) is 4.99 Å². The number of hydrogen-bond acceptors (Lipinski definition) is 4. The van der Waals surface area contributed by atoms with Gasteiger partial charge in [-0.15, -0.1) is 0 Å². The standard InChI is InChI=1S/C18H24N4O/c23-17(19-7-10-22-8-3-4-9-22)16-11-18(13-21-16)12-20-15-6-2-1-5-14(15)18/h1-2,5-6,12,16,21H,3-4,7-11,13H2,(H,19,23). The van der Waals surface area contributed by atoms with Crippen molar-refractivity contribution < 1.29 is 4.79 Å². The van der Waals surface area contributed by atoms with Gasteiger partial charge in [0.1, 0.15) is 0 Å². The third kappa shape index (κ3) is 2.79. The van der Waals surface area contributed by atoms with E-state index in [0.717, 1.165) is 31.7 Å². The predicted molar refractivity (Wildman–Crippen MR) is 91.4 cm³/mol. The van der Waals surface area contributed by atoms with Crippen LogP contribution in [0.2, 0.25) is 0 Å². The van der Waals surface area contributed by atoms with Gasteiger partial charge in [-0.05, 0) is 44.0 Å². The molecule has 2 saturated heterocycles. The molecule has 2 fully saturated rings. The zero-order valence-corrected chi connectivity index (χ0v) is 13.4. The van der Waals surface area contributed by atoms with Crippen molar-refractivity contribution in [3.63, 3.8) is 0 Å². The third-order valence-corrected chi connectivity index (χ3v) is 5.37. The number of carbonyl (C=O) groups excluding carboxylic acids is 1. The van der Waals surface area contributed by atoms with Crippen LogP contribution in [0.3, 0.4) is 0 Å². The molecule has 122 valence electrons. The van der Waals surface area contributed by atoms with Gasteiger partial charge in [-0.3, -0.25) is 9.79 Å². The number of benzene rings is 1. The van der Waals surface area contributed by atoms with Gasteiger partial charge in [0, 0.05) is 31.3 Å². The number of likely N-dealkylation sites (tertiary alicyclic amines) is 1. The van der Waals surface area contributed by atoms with Crippen LogP contribution in [0.15, 0.2) is 29.3 Å². The summed E-state index contributed by atoms with van der Waals surface area (Å²) in [6.45, 7) is 4.85. The van der Waals surface area contributed by atoms with Crippen LogP contribution in [-0.2, 0) is 10.2 Å². The molecular weight excluding hydrogens is 288 g/mol. The lowest BCUT2D eigenvalue weighted by molar-refractivity contribution is -0.122. The molecular formula is C18H24N4O. The first-order valence-electron chi connectivity index (χ1n) is 8.65. The van der Waals surface area contributed by atoms with Gasteiger partial charge >= 0.3 is 0 Å². The molecule has 1 aromatic carbocycles. The van der Waals surface area contributed by atoms with Crippen LogP contribution in [0.1, 0.15) is 24.8 Å². The molecule has 0 radical (unpaired) electrons. The van der Waals surface area contributed by atoms with Gasteiger partial charge in [0.15, 0.2) is 0 Å². The highest BCUT2D eigenvalue weighted by molar-refractivity contribution is 5.89. The van der Waals surface area contributed by atoms with Crippen molar-refractivity contribution in [2.45, 2.75) is 30.7 Å². The number of nitrogens with zero attached hydrogens (tertiary/aromatic N) is 2. The van der Waals surface area contributed by atoms with E-state index in [4.69, 9.17) is 0 Å². The molecule has 0 saturated carbocycles. The molecule has 5 heteroatoms. The Balaban J connectivity index is 1.33. The van der Waals surface area contributed by atoms with E-state index in [9.17, 15) is 4.79 Å². The molecule has 1 amide bonds. The Morgan fingerprint density at radius 2 is 2.17 bits per heavy atom. The van der Waals surface area contributed by atoms with Crippen LogP contribution >= 0.6 is 0 Å². The molecule has 0 bridgehead atoms. The minimum atomic E-state index is -0.119. The summed E-state index contributed by atoms with van der Waals surface area (Å²) >= 11 is 0. The second-order valence-electron chi connectivity index (χ2n) is 6.91. The Kier molecular flexibility index (Phi) is 3.91. The summed E-state index contributed by atoms with van der Waals surface area (Å²) in [6.07, 6.45) is 5.41. The quantitative estimate of drug-likeness (QED) is 0.879. The van der Waals surface area contributed by atoms with E-state index in [1.165, 1.54) is 31.5 Å². The van der Waals surface area contributed by atoms with Crippen LogP contribution in [-0.4, -0.2) is 55.8 Å². The molecule has 3 aliphatic heterocycles. The summed E-state index contributed by atoms with van der Waals surface area (Å²) in [5, 5.41) is 6.49. The molecule has 23 heavy (non-hydrogen) atoms. The van der Waals surface area contributed by atoms with Gasteiger partial charge in [0.2, 0.25) is 5.91 Å². The maximum absolute atomic E-state index is 12.4. The maximum atomic E-state index is 12.4. The minimum Gasteiger partial charge on any atom is -0.353 e. The largest absolute Gasteiger partial charge is 0.353 e. The SMILES string of the molecule is O=C(NCCN1CCCC1)C1CC2(C=Nc3ccccc32)CN1. The summed E-state index contributed by atoms with van der Waals surface area (Å²) in [7, 11) is 0. The van der Waals surface area contributed by atoms with Crippen LogP contribution in [0.25, 0.3) is 0 Å². The monoisotopic (exact) mass is 312 g/mol. The highest BCUT2D eigenvalue weighted by Gasteiger charge is 2.45. The molecule has 3 aliphatic rings. The summed E-state index contributed by atoms with van der Waals surface area (Å²) in [5.74, 6) is 0.124. The summed E-state index contributed by atoms with van der Waals surface area (Å²) < 4.78 is 0. The number of para-hydroxylation sites is 1. The van der Waals surface area contributed by atoms with Crippen molar-refractivity contribution in [3.05, 3.63) is 29.8 Å². The molecule has 2 unspecified atom stereocenters. The predicted octanol–water partition coefficient (Wildman–Crippen LogP) is 1.21. The second kappa shape index (κ2) is 6.06. The number of aliphatic imine (C=N–C) groups is 1. The lowest BCUT2D eigenvalue weighted by Crippen LogP contribution is -2.43. The zero-order valence-electron chi connectivity index (χ0n) is 13.4. The Morgan fingerprint density at radius 1 is 1.35 bits per heavy atom. The fourth-order valence-corrected chi connectivity index (χ4v) is 4.04. The number of carbonyl (C=O) groups is 1. The molecule has 5 nitrogen and oxygen atoms in total. The molecule has 3 heterocycles. The van der Waals surface area contributed by atoms with E-state index in [-0.39, 0.29) is 17.4 Å². The lowest BCUT2D eigenvalue weighted by Gasteiger charge is -2.20. The fourth-order valence-electron chi connectivity index (χ4n) is 4.04. The number of hydrogen-bond donors (Lipinski definition) is 2. The summed E-state index contributed by atoms with van der Waals surface area (Å²) in [5.41, 5.74) is 2.19. The first-order chi connectivity index (χ1) is 11.3. The Bertz CT molecular complexity index is 623. The van der Waals surface area contributed by atoms with E-state index >= 15 is 0 Å². The second-order valence-corrected chi connectivity index (χ2v) is 6.91. The van der Waals surface area contributed by atoms with Gasteiger partial charge in [-0.1, -0.05) is 18.2 Å². The van der Waals surface area contributed by atoms with Crippen LogP contribution in [0.4, 0.5) is 5.69 Å². The number of amides is 1. The first kappa shape index (κ1) is 14.8. The minimum absolute atomic E-state index is 0.104. The number of rotatable bonds is 4. The fraction of sp³-hybridized carbons (Fsp3) is 0.556. The Hall–Kier alpha value is -1.72. The van der Waals surface area contributed by atoms with Crippen LogP contribution in [0, 0.1) is 0 Å².